The van der Waals surface area contributed by atoms with Gasteiger partial charge in [-0.1, -0.05) is 18.2 Å². The van der Waals surface area contributed by atoms with Crippen molar-refractivity contribution in [1.82, 2.24) is 14.6 Å². The molecule has 1 amide bonds. The van der Waals surface area contributed by atoms with Crippen LogP contribution < -0.4 is 5.32 Å². The van der Waals surface area contributed by atoms with Crippen molar-refractivity contribution in [3.8, 4) is 0 Å². The number of thiazole rings is 1. The van der Waals surface area contributed by atoms with E-state index in [2.05, 4.69) is 10.3 Å². The van der Waals surface area contributed by atoms with E-state index in [-0.39, 0.29) is 23.3 Å². The number of benzene rings is 1. The molecular weight excluding hydrogens is 382 g/mol. The van der Waals surface area contributed by atoms with Crippen LogP contribution in [-0.2, 0) is 21.4 Å². The minimum atomic E-state index is -3.55. The molecule has 2 aromatic rings. The van der Waals surface area contributed by atoms with E-state index in [0.717, 1.165) is 10.7 Å². The minimum Gasteiger partial charge on any atom is -0.350 e. The first-order chi connectivity index (χ1) is 13.0. The van der Waals surface area contributed by atoms with Gasteiger partial charge in [-0.05, 0) is 37.8 Å². The number of hydrogen-bond donors (Lipinski definition) is 1. The highest BCUT2D eigenvalue weighted by Gasteiger charge is 2.33. The maximum atomic E-state index is 12.8. The summed E-state index contributed by atoms with van der Waals surface area (Å²) in [4.78, 5) is 17.4. The number of hydrogen-bond acceptors (Lipinski definition) is 5. The topological polar surface area (TPSA) is 79.4 Å². The molecule has 0 bridgehead atoms. The van der Waals surface area contributed by atoms with Gasteiger partial charge in [0.2, 0.25) is 15.9 Å². The first kappa shape index (κ1) is 18.6. The average molecular weight is 406 g/mol. The lowest BCUT2D eigenvalue weighted by Gasteiger charge is -2.31. The second kappa shape index (κ2) is 7.69. The number of amides is 1. The molecule has 1 aliphatic heterocycles. The third-order valence-corrected chi connectivity index (χ3v) is 8.01. The van der Waals surface area contributed by atoms with Crippen LogP contribution in [0.25, 0.3) is 0 Å². The number of nitrogens with zero attached hydrogens (tertiary/aromatic N) is 2. The summed E-state index contributed by atoms with van der Waals surface area (Å²) in [5.74, 6) is 0.206. The van der Waals surface area contributed by atoms with Crippen molar-refractivity contribution in [1.29, 1.82) is 0 Å². The first-order valence-electron chi connectivity index (χ1n) is 9.31. The lowest BCUT2D eigenvalue weighted by molar-refractivity contribution is -0.126. The normalized spacial score (nSPS) is 21.1. The van der Waals surface area contributed by atoms with E-state index in [4.69, 9.17) is 0 Å². The van der Waals surface area contributed by atoms with Crippen molar-refractivity contribution in [3.63, 3.8) is 0 Å². The predicted molar refractivity (Wildman–Crippen MR) is 104 cm³/mol. The van der Waals surface area contributed by atoms with Crippen LogP contribution in [0, 0.1) is 5.92 Å². The van der Waals surface area contributed by atoms with Crippen molar-refractivity contribution in [2.24, 2.45) is 5.92 Å². The Kier molecular flexibility index (Phi) is 5.29. The van der Waals surface area contributed by atoms with Gasteiger partial charge in [0, 0.05) is 24.4 Å². The summed E-state index contributed by atoms with van der Waals surface area (Å²) in [6, 6.07) is 8.41. The van der Waals surface area contributed by atoms with E-state index in [1.165, 1.54) is 17.1 Å². The molecule has 0 radical (unpaired) electrons. The Morgan fingerprint density at radius 1 is 1.22 bits per heavy atom. The number of aromatic nitrogens is 1. The number of sulfonamides is 1. The molecule has 2 heterocycles. The summed E-state index contributed by atoms with van der Waals surface area (Å²) >= 11 is 1.66. The zero-order valence-electron chi connectivity index (χ0n) is 15.0. The van der Waals surface area contributed by atoms with Crippen LogP contribution in [0.1, 0.15) is 42.3 Å². The van der Waals surface area contributed by atoms with Crippen LogP contribution in [0.2, 0.25) is 0 Å². The summed E-state index contributed by atoms with van der Waals surface area (Å²) in [6.45, 7) is 1.09. The summed E-state index contributed by atoms with van der Waals surface area (Å²) in [5, 5.41) is 6.10. The zero-order chi connectivity index (χ0) is 18.9. The summed E-state index contributed by atoms with van der Waals surface area (Å²) in [5.41, 5.74) is 0.889. The van der Waals surface area contributed by atoms with E-state index in [1.54, 1.807) is 41.7 Å². The fourth-order valence-corrected chi connectivity index (χ4v) is 5.90. The second-order valence-electron chi connectivity index (χ2n) is 7.18. The molecule has 1 atom stereocenters. The maximum absolute atomic E-state index is 12.8. The van der Waals surface area contributed by atoms with Gasteiger partial charge in [-0.2, -0.15) is 4.31 Å². The average Bonchev–Trinajstić information content (AvgIpc) is 3.45. The molecule has 2 aliphatic rings. The van der Waals surface area contributed by atoms with Gasteiger partial charge in [-0.3, -0.25) is 4.79 Å². The van der Waals surface area contributed by atoms with Crippen LogP contribution in [0.3, 0.4) is 0 Å². The Balaban J connectivity index is 1.36. The molecule has 1 N–H and O–H groups in total. The smallest absolute Gasteiger partial charge is 0.243 e. The highest BCUT2D eigenvalue weighted by atomic mass is 32.2. The second-order valence-corrected chi connectivity index (χ2v) is 10.0. The molecule has 2 fully saturated rings. The van der Waals surface area contributed by atoms with Gasteiger partial charge in [-0.15, -0.1) is 11.3 Å². The number of carbonyl (C=O) groups excluding carboxylic acids is 1. The fraction of sp³-hybridized carbons (Fsp3) is 0.474. The number of carbonyl (C=O) groups is 1. The molecule has 27 heavy (non-hydrogen) atoms. The third-order valence-electron chi connectivity index (χ3n) is 5.08. The molecular formula is C19H23N3O3S2. The van der Waals surface area contributed by atoms with E-state index >= 15 is 0 Å². The third kappa shape index (κ3) is 4.23. The van der Waals surface area contributed by atoms with Crippen molar-refractivity contribution >= 4 is 27.3 Å². The van der Waals surface area contributed by atoms with Gasteiger partial charge in [0.05, 0.1) is 28.1 Å². The molecule has 0 spiro atoms. The maximum Gasteiger partial charge on any atom is 0.243 e. The van der Waals surface area contributed by atoms with Crippen LogP contribution in [0.5, 0.6) is 0 Å². The molecule has 1 aromatic carbocycles. The van der Waals surface area contributed by atoms with E-state index in [0.29, 0.717) is 31.8 Å². The van der Waals surface area contributed by atoms with Crippen LogP contribution in [0.4, 0.5) is 0 Å². The Hall–Kier alpha value is -1.77. The molecule has 4 rings (SSSR count). The molecule has 144 valence electrons. The zero-order valence-corrected chi connectivity index (χ0v) is 16.6. The van der Waals surface area contributed by atoms with Crippen LogP contribution in [0.15, 0.2) is 40.6 Å². The Labute approximate surface area is 163 Å². The van der Waals surface area contributed by atoms with Crippen LogP contribution >= 0.6 is 11.3 Å². The lowest BCUT2D eigenvalue weighted by atomic mass is 9.99. The summed E-state index contributed by atoms with van der Waals surface area (Å²) < 4.78 is 27.0. The Morgan fingerprint density at radius 3 is 2.74 bits per heavy atom. The monoisotopic (exact) mass is 405 g/mol. The van der Waals surface area contributed by atoms with Crippen molar-refractivity contribution in [3.05, 3.63) is 46.4 Å². The highest BCUT2D eigenvalue weighted by molar-refractivity contribution is 7.89. The lowest BCUT2D eigenvalue weighted by Crippen LogP contribution is -2.45. The van der Waals surface area contributed by atoms with Gasteiger partial charge >= 0.3 is 0 Å². The molecule has 1 unspecified atom stereocenters. The standard InChI is InChI=1S/C19H23N3O3S2/c23-18(20-11-16-13-26-19(21-16)14-8-9-14)15-5-4-10-22(12-15)27(24,25)17-6-2-1-3-7-17/h1-3,6-7,13-15H,4-5,8-12H2,(H,20,23). The predicted octanol–water partition coefficient (Wildman–Crippen LogP) is 2.74. The van der Waals surface area contributed by atoms with E-state index in [9.17, 15) is 13.2 Å². The number of rotatable bonds is 6. The quantitative estimate of drug-likeness (QED) is 0.801. The van der Waals surface area contributed by atoms with Gasteiger partial charge in [0.1, 0.15) is 0 Å². The van der Waals surface area contributed by atoms with Crippen molar-refractivity contribution < 1.29 is 13.2 Å². The minimum absolute atomic E-state index is 0.0936. The Bertz CT molecular complexity index is 907. The van der Waals surface area contributed by atoms with Gasteiger partial charge in [0.25, 0.3) is 0 Å². The SMILES string of the molecule is O=C(NCc1csc(C2CC2)n1)C1CCCN(S(=O)(=O)c2ccccc2)C1. The molecule has 6 nitrogen and oxygen atoms in total. The molecule has 1 aliphatic carbocycles. The summed E-state index contributed by atoms with van der Waals surface area (Å²) in [6.07, 6.45) is 3.82. The van der Waals surface area contributed by atoms with Crippen molar-refractivity contribution in [2.75, 3.05) is 13.1 Å². The van der Waals surface area contributed by atoms with Gasteiger partial charge < -0.3 is 5.32 Å². The molecule has 1 aromatic heterocycles. The van der Waals surface area contributed by atoms with Crippen LogP contribution in [-0.4, -0.2) is 36.7 Å². The molecule has 1 saturated carbocycles. The van der Waals surface area contributed by atoms with Gasteiger partial charge in [0.15, 0.2) is 0 Å². The first-order valence-corrected chi connectivity index (χ1v) is 11.6. The van der Waals surface area contributed by atoms with Gasteiger partial charge in [-0.25, -0.2) is 13.4 Å². The summed E-state index contributed by atoms with van der Waals surface area (Å²) in [7, 11) is -3.55. The largest absolute Gasteiger partial charge is 0.350 e. The number of nitrogens with one attached hydrogen (secondary N) is 1. The molecule has 1 saturated heterocycles. The highest BCUT2D eigenvalue weighted by Crippen LogP contribution is 2.41. The fourth-order valence-electron chi connectivity index (χ4n) is 3.36. The molecule has 8 heteroatoms. The Morgan fingerprint density at radius 2 is 2.00 bits per heavy atom. The van der Waals surface area contributed by atoms with E-state index in [1.807, 2.05) is 5.38 Å². The van der Waals surface area contributed by atoms with Crippen molar-refractivity contribution in [2.45, 2.75) is 43.0 Å². The number of piperidine rings is 1. The van der Waals surface area contributed by atoms with E-state index < -0.39 is 10.0 Å².